The third kappa shape index (κ3) is 6.58. The van der Waals surface area contributed by atoms with Crippen molar-refractivity contribution >= 4 is 23.2 Å². The summed E-state index contributed by atoms with van der Waals surface area (Å²) < 4.78 is 0. The number of hydrogen-bond donors (Lipinski definition) is 3. The number of carbonyl (C=O) groups excluding carboxylic acids is 1. The number of rotatable bonds is 8. The van der Waals surface area contributed by atoms with Gasteiger partial charge < -0.3 is 16.0 Å². The first kappa shape index (κ1) is 19.0. The Morgan fingerprint density at radius 1 is 1.08 bits per heavy atom. The molecule has 0 saturated heterocycles. The van der Waals surface area contributed by atoms with E-state index in [9.17, 15) is 4.79 Å². The summed E-state index contributed by atoms with van der Waals surface area (Å²) in [6, 6.07) is 12.0. The highest BCUT2D eigenvalue weighted by molar-refractivity contribution is 7.12. The maximum absolute atomic E-state index is 11.8. The Morgan fingerprint density at radius 2 is 1.88 bits per heavy atom. The summed E-state index contributed by atoms with van der Waals surface area (Å²) in [5.74, 6) is 0.797. The van der Waals surface area contributed by atoms with Gasteiger partial charge in [0.25, 0.3) is 5.91 Å². The van der Waals surface area contributed by atoms with Gasteiger partial charge in [-0.25, -0.2) is 4.99 Å². The fourth-order valence-electron chi connectivity index (χ4n) is 2.29. The topological polar surface area (TPSA) is 65.5 Å². The number of carbonyl (C=O) groups is 1. The molecule has 1 heterocycles. The van der Waals surface area contributed by atoms with Crippen LogP contribution in [0.2, 0.25) is 0 Å². The van der Waals surface area contributed by atoms with E-state index in [0.29, 0.717) is 13.1 Å². The van der Waals surface area contributed by atoms with Gasteiger partial charge in [0.05, 0.1) is 11.4 Å². The number of thiophene rings is 1. The molecule has 0 atom stereocenters. The lowest BCUT2D eigenvalue weighted by molar-refractivity contribution is 0.0957. The molecule has 0 fully saturated rings. The zero-order chi connectivity index (χ0) is 17.9. The highest BCUT2D eigenvalue weighted by Gasteiger charge is 2.05. The number of guanidine groups is 1. The van der Waals surface area contributed by atoms with Crippen LogP contribution in [0.25, 0.3) is 0 Å². The minimum absolute atomic E-state index is 0.00451. The average molecular weight is 359 g/mol. The van der Waals surface area contributed by atoms with E-state index in [4.69, 9.17) is 0 Å². The number of amides is 1. The molecule has 0 aliphatic rings. The summed E-state index contributed by atoms with van der Waals surface area (Å²) in [7, 11) is 0. The van der Waals surface area contributed by atoms with Gasteiger partial charge >= 0.3 is 0 Å². The minimum atomic E-state index is -0.00451. The van der Waals surface area contributed by atoms with E-state index in [1.807, 2.05) is 36.6 Å². The first-order valence-corrected chi connectivity index (χ1v) is 9.47. The van der Waals surface area contributed by atoms with Crippen molar-refractivity contribution in [2.75, 3.05) is 19.6 Å². The Kier molecular flexibility index (Phi) is 7.98. The molecule has 2 aromatic rings. The highest BCUT2D eigenvalue weighted by atomic mass is 32.1. The summed E-state index contributed by atoms with van der Waals surface area (Å²) in [5.41, 5.74) is 2.47. The molecular formula is C19H26N4OS. The number of benzene rings is 1. The fraction of sp³-hybridized carbons (Fsp3) is 0.368. The maximum atomic E-state index is 11.8. The minimum Gasteiger partial charge on any atom is -0.357 e. The van der Waals surface area contributed by atoms with Crippen LogP contribution in [0.4, 0.5) is 0 Å². The summed E-state index contributed by atoms with van der Waals surface area (Å²) in [6.45, 7) is 7.00. The van der Waals surface area contributed by atoms with Crippen LogP contribution in [-0.4, -0.2) is 31.5 Å². The number of nitrogens with one attached hydrogen (secondary N) is 3. The van der Waals surface area contributed by atoms with Gasteiger partial charge in [0.2, 0.25) is 0 Å². The van der Waals surface area contributed by atoms with Crippen LogP contribution in [-0.2, 0) is 6.54 Å². The molecule has 2 rings (SSSR count). The Hall–Kier alpha value is -2.34. The second-order valence-corrected chi connectivity index (χ2v) is 6.58. The van der Waals surface area contributed by atoms with E-state index in [-0.39, 0.29) is 5.91 Å². The van der Waals surface area contributed by atoms with Crippen LogP contribution < -0.4 is 16.0 Å². The molecule has 0 bridgehead atoms. The van der Waals surface area contributed by atoms with Crippen LogP contribution in [0, 0.1) is 6.92 Å². The molecule has 134 valence electrons. The van der Waals surface area contributed by atoms with Crippen LogP contribution in [0.1, 0.15) is 34.1 Å². The summed E-state index contributed by atoms with van der Waals surface area (Å²) in [5, 5.41) is 11.4. The predicted octanol–water partition coefficient (Wildman–Crippen LogP) is 2.93. The molecule has 3 N–H and O–H groups in total. The second-order valence-electron chi connectivity index (χ2n) is 5.64. The quantitative estimate of drug-likeness (QED) is 0.386. The fourth-order valence-corrected chi connectivity index (χ4v) is 2.93. The molecule has 0 radical (unpaired) electrons. The van der Waals surface area contributed by atoms with Crippen molar-refractivity contribution in [3.8, 4) is 0 Å². The lowest BCUT2D eigenvalue weighted by Gasteiger charge is -2.12. The molecule has 0 saturated carbocycles. The van der Waals surface area contributed by atoms with E-state index in [0.717, 1.165) is 30.3 Å². The van der Waals surface area contributed by atoms with Crippen molar-refractivity contribution in [3.63, 3.8) is 0 Å². The van der Waals surface area contributed by atoms with Crippen molar-refractivity contribution in [3.05, 3.63) is 57.8 Å². The molecule has 0 unspecified atom stereocenters. The van der Waals surface area contributed by atoms with Gasteiger partial charge in [-0.2, -0.15) is 0 Å². The van der Waals surface area contributed by atoms with Gasteiger partial charge in [-0.3, -0.25) is 4.79 Å². The molecule has 0 spiro atoms. The van der Waals surface area contributed by atoms with Crippen molar-refractivity contribution in [2.24, 2.45) is 4.99 Å². The van der Waals surface area contributed by atoms with Crippen LogP contribution in [0.5, 0.6) is 0 Å². The van der Waals surface area contributed by atoms with Crippen molar-refractivity contribution in [1.82, 2.24) is 16.0 Å². The Morgan fingerprint density at radius 3 is 2.60 bits per heavy atom. The lowest BCUT2D eigenvalue weighted by Crippen LogP contribution is -2.38. The predicted molar refractivity (Wildman–Crippen MR) is 105 cm³/mol. The zero-order valence-electron chi connectivity index (χ0n) is 14.8. The molecule has 5 nitrogen and oxygen atoms in total. The van der Waals surface area contributed by atoms with Crippen LogP contribution in [0.3, 0.4) is 0 Å². The normalized spacial score (nSPS) is 11.2. The van der Waals surface area contributed by atoms with E-state index >= 15 is 0 Å². The third-order valence-electron chi connectivity index (χ3n) is 3.69. The van der Waals surface area contributed by atoms with Gasteiger partial charge in [-0.15, -0.1) is 11.3 Å². The van der Waals surface area contributed by atoms with Crippen LogP contribution >= 0.6 is 11.3 Å². The molecule has 1 aromatic heterocycles. The largest absolute Gasteiger partial charge is 0.357 e. The first-order valence-electron chi connectivity index (χ1n) is 8.59. The summed E-state index contributed by atoms with van der Waals surface area (Å²) >= 11 is 1.46. The standard InChI is InChI=1S/C19H26N4OS/c1-3-20-19(23-14-16-9-5-4-8-15(16)2)22-12-7-11-21-18(24)17-10-6-13-25-17/h4-6,8-10,13H,3,7,11-12,14H2,1-2H3,(H,21,24)(H2,20,22,23). The Balaban J connectivity index is 1.73. The number of hydrogen-bond acceptors (Lipinski definition) is 3. The van der Waals surface area contributed by atoms with Crippen molar-refractivity contribution in [1.29, 1.82) is 0 Å². The monoisotopic (exact) mass is 358 g/mol. The van der Waals surface area contributed by atoms with E-state index in [1.165, 1.54) is 22.5 Å². The van der Waals surface area contributed by atoms with Gasteiger partial charge in [0.1, 0.15) is 0 Å². The maximum Gasteiger partial charge on any atom is 0.261 e. The molecule has 1 amide bonds. The highest BCUT2D eigenvalue weighted by Crippen LogP contribution is 2.08. The number of aryl methyl sites for hydroxylation is 1. The Labute approximate surface area is 153 Å². The van der Waals surface area contributed by atoms with Gasteiger partial charge in [-0.1, -0.05) is 30.3 Å². The van der Waals surface area contributed by atoms with Gasteiger partial charge in [0, 0.05) is 19.6 Å². The first-order chi connectivity index (χ1) is 12.2. The van der Waals surface area contributed by atoms with Gasteiger partial charge in [-0.05, 0) is 42.8 Å². The smallest absolute Gasteiger partial charge is 0.261 e. The molecule has 6 heteroatoms. The molecule has 0 aliphatic heterocycles. The third-order valence-corrected chi connectivity index (χ3v) is 4.56. The second kappa shape index (κ2) is 10.5. The molecular weight excluding hydrogens is 332 g/mol. The van der Waals surface area contributed by atoms with Crippen molar-refractivity contribution < 1.29 is 4.79 Å². The summed E-state index contributed by atoms with van der Waals surface area (Å²) in [6.07, 6.45) is 0.839. The summed E-state index contributed by atoms with van der Waals surface area (Å²) in [4.78, 5) is 17.2. The molecule has 0 aliphatic carbocycles. The number of aliphatic imine (C=N–C) groups is 1. The van der Waals surface area contributed by atoms with Crippen molar-refractivity contribution in [2.45, 2.75) is 26.8 Å². The zero-order valence-corrected chi connectivity index (χ0v) is 15.7. The average Bonchev–Trinajstić information content (AvgIpc) is 3.15. The molecule has 25 heavy (non-hydrogen) atoms. The van der Waals surface area contributed by atoms with Crippen LogP contribution in [0.15, 0.2) is 46.8 Å². The van der Waals surface area contributed by atoms with E-state index < -0.39 is 0 Å². The number of nitrogens with zero attached hydrogens (tertiary/aromatic N) is 1. The Bertz CT molecular complexity index is 682. The molecule has 1 aromatic carbocycles. The van der Waals surface area contributed by atoms with Gasteiger partial charge in [0.15, 0.2) is 5.96 Å². The lowest BCUT2D eigenvalue weighted by atomic mass is 10.1. The van der Waals surface area contributed by atoms with E-state index in [1.54, 1.807) is 0 Å². The van der Waals surface area contributed by atoms with E-state index in [2.05, 4.69) is 40.0 Å². The SMILES string of the molecule is CCNC(=NCc1ccccc1C)NCCCNC(=O)c1cccs1.